The third-order valence-electron chi connectivity index (χ3n) is 6.84. The number of hydrogen-bond donors (Lipinski definition) is 1. The predicted molar refractivity (Wildman–Crippen MR) is 145 cm³/mol. The van der Waals surface area contributed by atoms with E-state index in [1.165, 1.54) is 16.2 Å². The largest absolute Gasteiger partial charge is 0.507 e. The van der Waals surface area contributed by atoms with Crippen molar-refractivity contribution in [3.05, 3.63) is 77.1 Å². The summed E-state index contributed by atoms with van der Waals surface area (Å²) >= 11 is 1.27. The number of anilines is 2. The molecule has 1 saturated heterocycles. The van der Waals surface area contributed by atoms with Gasteiger partial charge in [0.1, 0.15) is 29.9 Å². The van der Waals surface area contributed by atoms with Crippen molar-refractivity contribution in [3.63, 3.8) is 0 Å². The number of aromatic nitrogens is 2. The van der Waals surface area contributed by atoms with Gasteiger partial charge >= 0.3 is 5.91 Å². The number of carbonyl (C=O) groups is 2. The van der Waals surface area contributed by atoms with Gasteiger partial charge in [-0.15, -0.1) is 0 Å². The predicted octanol–water partition coefficient (Wildman–Crippen LogP) is 4.46. The molecule has 1 atom stereocenters. The summed E-state index contributed by atoms with van der Waals surface area (Å²) in [5.74, 6) is -0.451. The van der Waals surface area contributed by atoms with Crippen LogP contribution in [0.4, 0.5) is 10.8 Å². The minimum Gasteiger partial charge on any atom is -0.507 e. The minimum atomic E-state index is -0.954. The van der Waals surface area contributed by atoms with Gasteiger partial charge in [0, 0.05) is 18.8 Å². The van der Waals surface area contributed by atoms with E-state index in [0.29, 0.717) is 46.6 Å². The zero-order valence-electron chi connectivity index (χ0n) is 21.0. The first kappa shape index (κ1) is 23.9. The monoisotopic (exact) mass is 528 g/mol. The van der Waals surface area contributed by atoms with Crippen LogP contribution in [0.15, 0.2) is 60.3 Å². The Balaban J connectivity index is 1.53. The summed E-state index contributed by atoms with van der Waals surface area (Å²) in [7, 11) is 3.53. The number of methoxy groups -OCH3 is 1. The van der Waals surface area contributed by atoms with Gasteiger partial charge < -0.3 is 19.5 Å². The van der Waals surface area contributed by atoms with Crippen LogP contribution in [0, 0.1) is 6.92 Å². The Morgan fingerprint density at radius 1 is 1.18 bits per heavy atom. The molecular formula is C28H24N4O5S. The topological polar surface area (TPSA) is 105 Å². The first-order valence-electron chi connectivity index (χ1n) is 12.0. The number of rotatable bonds is 4. The molecule has 0 aliphatic carbocycles. The number of likely N-dealkylation sites (N-methyl/N-ethyl adjacent to an activating group) is 1. The Hall–Kier alpha value is -4.44. The lowest BCUT2D eigenvalue weighted by Gasteiger charge is -2.28. The number of aryl methyl sites for hydroxylation is 1. The molecule has 0 bridgehead atoms. The maximum absolute atomic E-state index is 13.5. The highest BCUT2D eigenvalue weighted by atomic mass is 32.1. The molecule has 10 heteroatoms. The van der Waals surface area contributed by atoms with Crippen LogP contribution in [0.5, 0.6) is 11.5 Å². The van der Waals surface area contributed by atoms with Crippen molar-refractivity contribution in [2.45, 2.75) is 13.0 Å². The summed E-state index contributed by atoms with van der Waals surface area (Å²) in [5.41, 5.74) is 3.19. The van der Waals surface area contributed by atoms with Crippen molar-refractivity contribution in [1.29, 1.82) is 0 Å². The molecule has 0 radical (unpaired) electrons. The van der Waals surface area contributed by atoms with Crippen LogP contribution in [0.3, 0.4) is 0 Å². The number of ketones is 1. The molecule has 192 valence electrons. The second kappa shape index (κ2) is 9.14. The quantitative estimate of drug-likeness (QED) is 0.235. The number of aliphatic hydroxyl groups excluding tert-OH is 1. The van der Waals surface area contributed by atoms with Crippen LogP contribution in [-0.4, -0.2) is 54.1 Å². The maximum Gasteiger partial charge on any atom is 0.301 e. The highest BCUT2D eigenvalue weighted by Crippen LogP contribution is 2.45. The van der Waals surface area contributed by atoms with Crippen molar-refractivity contribution in [1.82, 2.24) is 9.97 Å². The Bertz CT molecular complexity index is 1630. The third-order valence-corrected chi connectivity index (χ3v) is 7.86. The lowest BCUT2D eigenvalue weighted by Crippen LogP contribution is -2.29. The number of thiazole rings is 1. The molecule has 38 heavy (non-hydrogen) atoms. The molecule has 1 amide bonds. The molecule has 9 nitrogen and oxygen atoms in total. The van der Waals surface area contributed by atoms with Gasteiger partial charge in [0.25, 0.3) is 5.78 Å². The number of nitrogens with zero attached hydrogens (tertiary/aromatic N) is 4. The van der Waals surface area contributed by atoms with Gasteiger partial charge in [0.15, 0.2) is 5.13 Å². The zero-order valence-corrected chi connectivity index (χ0v) is 21.8. The molecule has 2 aliphatic heterocycles. The molecule has 2 aromatic heterocycles. The smallest absolute Gasteiger partial charge is 0.301 e. The average molecular weight is 529 g/mol. The highest BCUT2D eigenvalue weighted by Gasteiger charge is 2.49. The normalized spacial score (nSPS) is 18.6. The number of hydrogen-bond acceptors (Lipinski definition) is 9. The molecule has 2 aliphatic rings. The highest BCUT2D eigenvalue weighted by molar-refractivity contribution is 7.22. The third kappa shape index (κ3) is 3.76. The van der Waals surface area contributed by atoms with E-state index in [0.717, 1.165) is 16.0 Å². The van der Waals surface area contributed by atoms with Crippen molar-refractivity contribution in [2.75, 3.05) is 37.1 Å². The van der Waals surface area contributed by atoms with E-state index in [9.17, 15) is 14.7 Å². The lowest BCUT2D eigenvalue weighted by molar-refractivity contribution is -0.132. The lowest BCUT2D eigenvalue weighted by atomic mass is 9.98. The molecule has 6 rings (SSSR count). The summed E-state index contributed by atoms with van der Waals surface area (Å²) in [6.07, 6.45) is 1.59. The van der Waals surface area contributed by atoms with Crippen LogP contribution in [0.25, 0.3) is 16.0 Å². The molecule has 0 spiro atoms. The minimum absolute atomic E-state index is 0.0407. The van der Waals surface area contributed by atoms with Gasteiger partial charge in [0.2, 0.25) is 0 Å². The fourth-order valence-corrected chi connectivity index (χ4v) is 5.87. The number of amides is 1. The number of Topliss-reactive ketones (excluding diaryl/α,β-unsaturated/α-hetero) is 1. The van der Waals surface area contributed by atoms with E-state index in [-0.39, 0.29) is 11.3 Å². The number of carbonyl (C=O) groups excluding carboxylic acids is 2. The SMILES string of the molecule is COc1cc2sc(N3C(=O)C(=O)/C(=C(/O)c4ccc5c(c4)N(C)CCO5)C3c3ccccn3)nc2cc1C. The summed E-state index contributed by atoms with van der Waals surface area (Å²) in [5, 5.41) is 11.8. The molecule has 1 unspecified atom stereocenters. The van der Waals surface area contributed by atoms with Gasteiger partial charge in [-0.05, 0) is 55.0 Å². The van der Waals surface area contributed by atoms with Gasteiger partial charge in [0.05, 0.1) is 40.8 Å². The summed E-state index contributed by atoms with van der Waals surface area (Å²) < 4.78 is 12.0. The fraction of sp³-hybridized carbons (Fsp3) is 0.214. The summed E-state index contributed by atoms with van der Waals surface area (Å²) in [6.45, 7) is 3.17. The average Bonchev–Trinajstić information content (AvgIpc) is 3.45. The number of fused-ring (bicyclic) bond motifs is 2. The van der Waals surface area contributed by atoms with E-state index in [1.807, 2.05) is 31.0 Å². The second-order valence-corrected chi connectivity index (χ2v) is 10.2. The Morgan fingerprint density at radius 3 is 2.79 bits per heavy atom. The number of pyridine rings is 1. The molecule has 4 heterocycles. The molecule has 4 aromatic rings. The van der Waals surface area contributed by atoms with Crippen LogP contribution >= 0.6 is 11.3 Å². The summed E-state index contributed by atoms with van der Waals surface area (Å²) in [6, 6.07) is 13.3. The van der Waals surface area contributed by atoms with Crippen LogP contribution in [0.1, 0.15) is 22.9 Å². The fourth-order valence-electron chi connectivity index (χ4n) is 4.87. The van der Waals surface area contributed by atoms with Crippen molar-refractivity contribution < 1.29 is 24.2 Å². The second-order valence-electron chi connectivity index (χ2n) is 9.16. The van der Waals surface area contributed by atoms with E-state index in [1.54, 1.807) is 49.7 Å². The van der Waals surface area contributed by atoms with Crippen LogP contribution in [-0.2, 0) is 9.59 Å². The first-order valence-corrected chi connectivity index (χ1v) is 12.8. The molecular weight excluding hydrogens is 504 g/mol. The Morgan fingerprint density at radius 2 is 2.03 bits per heavy atom. The zero-order chi connectivity index (χ0) is 26.6. The maximum atomic E-state index is 13.5. The van der Waals surface area contributed by atoms with E-state index >= 15 is 0 Å². The Kier molecular flexibility index (Phi) is 5.76. The van der Waals surface area contributed by atoms with E-state index in [4.69, 9.17) is 9.47 Å². The van der Waals surface area contributed by atoms with Gasteiger partial charge in [-0.25, -0.2) is 4.98 Å². The molecule has 0 saturated carbocycles. The van der Waals surface area contributed by atoms with Crippen molar-refractivity contribution >= 4 is 49.8 Å². The molecule has 1 N–H and O–H groups in total. The number of aliphatic hydroxyl groups is 1. The van der Waals surface area contributed by atoms with Gasteiger partial charge in [-0.3, -0.25) is 19.5 Å². The number of benzene rings is 2. The van der Waals surface area contributed by atoms with Gasteiger partial charge in [-0.1, -0.05) is 17.4 Å². The van der Waals surface area contributed by atoms with Gasteiger partial charge in [-0.2, -0.15) is 0 Å². The number of ether oxygens (including phenoxy) is 2. The van der Waals surface area contributed by atoms with Crippen LogP contribution < -0.4 is 19.3 Å². The van der Waals surface area contributed by atoms with Crippen molar-refractivity contribution in [3.8, 4) is 11.5 Å². The van der Waals surface area contributed by atoms with Crippen molar-refractivity contribution in [2.24, 2.45) is 0 Å². The van der Waals surface area contributed by atoms with Crippen LogP contribution in [0.2, 0.25) is 0 Å². The van der Waals surface area contributed by atoms with E-state index < -0.39 is 17.7 Å². The van der Waals surface area contributed by atoms with E-state index in [2.05, 4.69) is 9.97 Å². The standard InChI is InChI=1S/C28H24N4O5S/c1-15-12-18-22(14-21(15)36-3)38-28(30-18)32-24(17-6-4-5-9-29-17)23(26(34)27(32)35)25(33)16-7-8-20-19(13-16)31(2)10-11-37-20/h4-9,12-14,24,33H,10-11H2,1-3H3/b25-23+. The molecule has 2 aromatic carbocycles. The summed E-state index contributed by atoms with van der Waals surface area (Å²) in [4.78, 5) is 39.5. The molecule has 1 fully saturated rings. The first-order chi connectivity index (χ1) is 18.4. The Labute approximate surface area is 222 Å².